The van der Waals surface area contributed by atoms with E-state index >= 15 is 0 Å². The number of carbonyl (C=O) groups is 1. The van der Waals surface area contributed by atoms with Crippen molar-refractivity contribution in [2.24, 2.45) is 0 Å². The summed E-state index contributed by atoms with van der Waals surface area (Å²) >= 11 is 0. The molecule has 0 aromatic carbocycles. The first-order valence-electron chi connectivity index (χ1n) is 5.61. The molecule has 0 bridgehead atoms. The summed E-state index contributed by atoms with van der Waals surface area (Å²) in [6, 6.07) is 0. The molecular weight excluding hydrogens is 351 g/mol. The van der Waals surface area contributed by atoms with Crippen LogP contribution in [0.4, 0.5) is 30.7 Å². The second-order valence-electron chi connectivity index (χ2n) is 3.99. The second kappa shape index (κ2) is 6.98. The molecule has 0 aliphatic heterocycles. The maximum atomic E-state index is 13.2. The van der Waals surface area contributed by atoms with Crippen molar-refractivity contribution >= 4 is 16.0 Å². The molecule has 0 radical (unpaired) electrons. The Kier molecular flexibility index (Phi) is 6.63. The number of halogens is 7. The van der Waals surface area contributed by atoms with E-state index in [4.69, 9.17) is 0 Å². The minimum atomic E-state index is -6.33. The quantitative estimate of drug-likeness (QED) is 0.552. The van der Waals surface area contributed by atoms with Crippen LogP contribution < -0.4 is 4.72 Å². The molecule has 0 aromatic rings. The van der Waals surface area contributed by atoms with Crippen LogP contribution in [0.25, 0.3) is 0 Å². The summed E-state index contributed by atoms with van der Waals surface area (Å²) in [5.74, 6) is -2.91. The summed E-state index contributed by atoms with van der Waals surface area (Å²) in [6.45, 7) is 0.278. The highest BCUT2D eigenvalue weighted by molar-refractivity contribution is 7.89. The van der Waals surface area contributed by atoms with Crippen molar-refractivity contribution in [3.05, 3.63) is 0 Å². The Hall–Kier alpha value is -1.11. The molecule has 132 valence electrons. The minimum absolute atomic E-state index is 0.115. The van der Waals surface area contributed by atoms with Crippen LogP contribution in [0.15, 0.2) is 0 Å². The predicted octanol–water partition coefficient (Wildman–Crippen LogP) is 1.69. The van der Waals surface area contributed by atoms with E-state index in [0.717, 1.165) is 0 Å². The molecule has 0 unspecified atom stereocenters. The lowest BCUT2D eigenvalue weighted by atomic mass is 10.0. The van der Waals surface area contributed by atoms with Crippen LogP contribution in [0, 0.1) is 0 Å². The van der Waals surface area contributed by atoms with Gasteiger partial charge in [-0.3, -0.25) is 4.79 Å². The highest BCUT2D eigenvalue weighted by atomic mass is 32.2. The van der Waals surface area contributed by atoms with Gasteiger partial charge in [-0.1, -0.05) is 0 Å². The van der Waals surface area contributed by atoms with Gasteiger partial charge in [0.2, 0.25) is 10.0 Å². The third kappa shape index (κ3) is 5.59. The summed E-state index contributed by atoms with van der Waals surface area (Å²) in [5, 5.41) is 0. The van der Waals surface area contributed by atoms with Crippen LogP contribution in [-0.4, -0.2) is 51.3 Å². The van der Waals surface area contributed by atoms with Crippen molar-refractivity contribution in [1.82, 2.24) is 4.72 Å². The summed E-state index contributed by atoms with van der Waals surface area (Å²) in [4.78, 5) is 10.8. The summed E-state index contributed by atoms with van der Waals surface area (Å²) in [6.07, 6.45) is -15.1. The van der Waals surface area contributed by atoms with Gasteiger partial charge in [0.25, 0.3) is 5.67 Å². The highest BCUT2D eigenvalue weighted by Crippen LogP contribution is 2.48. The minimum Gasteiger partial charge on any atom is -0.465 e. The molecule has 0 saturated heterocycles. The fraction of sp³-hybridized carbons (Fsp3) is 0.889. The zero-order valence-corrected chi connectivity index (χ0v) is 11.8. The average Bonchev–Trinajstić information content (AvgIpc) is 2.31. The third-order valence-corrected chi connectivity index (χ3v) is 3.68. The zero-order valence-electron chi connectivity index (χ0n) is 11.0. The Bertz CT molecular complexity index is 471. The van der Waals surface area contributed by atoms with Crippen molar-refractivity contribution in [2.75, 3.05) is 18.9 Å². The summed E-state index contributed by atoms with van der Waals surface area (Å²) < 4.78 is 115. The Morgan fingerprint density at radius 3 is 1.86 bits per heavy atom. The smallest absolute Gasteiger partial charge is 0.431 e. The van der Waals surface area contributed by atoms with Gasteiger partial charge in [0.05, 0.1) is 12.4 Å². The average molecular weight is 363 g/mol. The first kappa shape index (κ1) is 20.9. The van der Waals surface area contributed by atoms with Crippen LogP contribution >= 0.6 is 0 Å². The van der Waals surface area contributed by atoms with Crippen molar-refractivity contribution in [3.63, 3.8) is 0 Å². The van der Waals surface area contributed by atoms with E-state index in [1.54, 1.807) is 0 Å². The number of carbonyl (C=O) groups excluding carboxylic acids is 1. The lowest BCUT2D eigenvalue weighted by molar-refractivity contribution is -0.341. The van der Waals surface area contributed by atoms with Crippen LogP contribution in [0.3, 0.4) is 0 Å². The van der Waals surface area contributed by atoms with Gasteiger partial charge < -0.3 is 4.74 Å². The van der Waals surface area contributed by atoms with Crippen molar-refractivity contribution < 1.29 is 48.7 Å². The van der Waals surface area contributed by atoms with E-state index in [-0.39, 0.29) is 6.61 Å². The molecule has 0 amide bonds. The summed E-state index contributed by atoms with van der Waals surface area (Å²) in [7, 11) is -4.74. The topological polar surface area (TPSA) is 72.5 Å². The van der Waals surface area contributed by atoms with Gasteiger partial charge in [0.1, 0.15) is 6.54 Å². The number of sulfonamides is 1. The normalized spacial score (nSPS) is 14.0. The molecule has 0 fully saturated rings. The third-order valence-electron chi connectivity index (χ3n) is 2.36. The van der Waals surface area contributed by atoms with E-state index in [1.165, 1.54) is 11.6 Å². The van der Waals surface area contributed by atoms with Crippen LogP contribution in [0.5, 0.6) is 0 Å². The molecule has 22 heavy (non-hydrogen) atoms. The zero-order chi connectivity index (χ0) is 17.8. The molecule has 0 heterocycles. The first-order chi connectivity index (χ1) is 9.66. The van der Waals surface area contributed by atoms with Crippen LogP contribution in [-0.2, 0) is 19.6 Å². The Morgan fingerprint density at radius 2 is 1.50 bits per heavy atom. The fourth-order valence-electron chi connectivity index (χ4n) is 1.17. The number of hydrogen-bond acceptors (Lipinski definition) is 4. The van der Waals surface area contributed by atoms with E-state index in [9.17, 15) is 43.9 Å². The number of rotatable bonds is 7. The second-order valence-corrected chi connectivity index (χ2v) is 5.92. The molecule has 0 saturated carbocycles. The lowest BCUT2D eigenvalue weighted by Gasteiger charge is -2.29. The lowest BCUT2D eigenvalue weighted by Crippen LogP contribution is -2.54. The van der Waals surface area contributed by atoms with E-state index in [0.29, 0.717) is 0 Å². The Labute approximate surface area is 120 Å². The molecule has 0 aliphatic carbocycles. The monoisotopic (exact) mass is 363 g/mol. The summed E-state index contributed by atoms with van der Waals surface area (Å²) in [5.41, 5.74) is -5.67. The molecule has 0 aromatic heterocycles. The van der Waals surface area contributed by atoms with Crippen molar-refractivity contribution in [3.8, 4) is 0 Å². The predicted molar refractivity (Wildman–Crippen MR) is 59.0 cm³/mol. The van der Waals surface area contributed by atoms with Gasteiger partial charge in [-0.2, -0.15) is 26.3 Å². The van der Waals surface area contributed by atoms with Gasteiger partial charge in [-0.05, 0) is 6.92 Å². The molecule has 0 rings (SSSR count). The van der Waals surface area contributed by atoms with Crippen LogP contribution in [0.2, 0.25) is 0 Å². The van der Waals surface area contributed by atoms with Crippen molar-refractivity contribution in [2.45, 2.75) is 31.4 Å². The molecule has 13 heteroatoms. The Balaban J connectivity index is 4.90. The molecule has 0 atom stereocenters. The molecule has 0 aliphatic rings. The van der Waals surface area contributed by atoms with Gasteiger partial charge in [-0.25, -0.2) is 17.5 Å². The van der Waals surface area contributed by atoms with Crippen molar-refractivity contribution in [1.29, 1.82) is 0 Å². The Morgan fingerprint density at radius 1 is 1.05 bits per heavy atom. The highest BCUT2D eigenvalue weighted by Gasteiger charge is 2.72. The van der Waals surface area contributed by atoms with Gasteiger partial charge >= 0.3 is 18.3 Å². The van der Waals surface area contributed by atoms with E-state index < -0.39 is 52.7 Å². The first-order valence-corrected chi connectivity index (χ1v) is 7.27. The van der Waals surface area contributed by atoms with Gasteiger partial charge in [0, 0.05) is 6.42 Å². The van der Waals surface area contributed by atoms with Crippen LogP contribution in [0.1, 0.15) is 13.3 Å². The SMILES string of the molecule is CCOC(=O)CNS(=O)(=O)CCC(F)(C(F)(F)F)C(F)(F)F. The standard InChI is InChI=1S/C9H12F7NO4S/c1-2-21-6(18)5-17-22(19,20)4-3-7(10,8(11,12)13)9(14,15)16/h17H,2-5H2,1H3. The largest absolute Gasteiger partial charge is 0.465 e. The number of esters is 1. The maximum Gasteiger partial charge on any atom is 0.431 e. The number of ether oxygens (including phenoxy) is 1. The van der Waals surface area contributed by atoms with E-state index in [1.807, 2.05) is 0 Å². The van der Waals surface area contributed by atoms with E-state index in [2.05, 4.69) is 4.74 Å². The van der Waals surface area contributed by atoms with Gasteiger partial charge in [-0.15, -0.1) is 0 Å². The molecule has 5 nitrogen and oxygen atoms in total. The molecule has 0 spiro atoms. The number of hydrogen-bond donors (Lipinski definition) is 1. The fourth-order valence-corrected chi connectivity index (χ4v) is 2.20. The molecule has 1 N–H and O–H groups in total. The molecular formula is C9H12F7NO4S. The number of alkyl halides is 7. The maximum absolute atomic E-state index is 13.2. The van der Waals surface area contributed by atoms with Gasteiger partial charge in [0.15, 0.2) is 0 Å². The number of nitrogens with one attached hydrogen (secondary N) is 1.